The van der Waals surface area contributed by atoms with E-state index in [1.165, 1.54) is 27.7 Å². The molecule has 1 aliphatic heterocycles. The first-order valence-electron chi connectivity index (χ1n) is 8.30. The summed E-state index contributed by atoms with van der Waals surface area (Å²) in [5.74, 6) is 0.208. The maximum absolute atomic E-state index is 10.7. The van der Waals surface area contributed by atoms with Crippen LogP contribution in [0.3, 0.4) is 0 Å². The molecule has 3 aromatic rings. The fourth-order valence-electron chi connectivity index (χ4n) is 3.37. The van der Waals surface area contributed by atoms with Gasteiger partial charge in [-0.2, -0.15) is 9.61 Å². The van der Waals surface area contributed by atoms with Crippen LogP contribution in [0.5, 0.6) is 5.88 Å². The number of nitrogens with zero attached hydrogens (tertiary/aromatic N) is 5. The molecule has 1 fully saturated rings. The summed E-state index contributed by atoms with van der Waals surface area (Å²) >= 11 is 1.52. The van der Waals surface area contributed by atoms with Crippen molar-refractivity contribution in [2.75, 3.05) is 32.7 Å². The van der Waals surface area contributed by atoms with Crippen LogP contribution in [0.2, 0.25) is 0 Å². The van der Waals surface area contributed by atoms with Crippen molar-refractivity contribution in [3.8, 4) is 5.88 Å². The average molecular weight is 343 g/mol. The van der Waals surface area contributed by atoms with Gasteiger partial charge in [-0.1, -0.05) is 48.6 Å². The third-order valence-corrected chi connectivity index (χ3v) is 5.81. The number of thiazole rings is 1. The third kappa shape index (κ3) is 2.68. The molecule has 0 spiro atoms. The van der Waals surface area contributed by atoms with E-state index in [-0.39, 0.29) is 11.9 Å². The molecule has 1 aromatic carbocycles. The Morgan fingerprint density at radius 1 is 1.17 bits per heavy atom. The number of piperazine rings is 1. The van der Waals surface area contributed by atoms with E-state index < -0.39 is 0 Å². The van der Waals surface area contributed by atoms with E-state index in [0.717, 1.165) is 42.6 Å². The highest BCUT2D eigenvalue weighted by atomic mass is 32.1. The molecular weight excluding hydrogens is 322 g/mol. The second kappa shape index (κ2) is 6.51. The van der Waals surface area contributed by atoms with Crippen molar-refractivity contribution in [1.82, 2.24) is 24.4 Å². The number of hydrogen-bond donors (Lipinski definition) is 1. The van der Waals surface area contributed by atoms with E-state index in [9.17, 15) is 5.11 Å². The van der Waals surface area contributed by atoms with Gasteiger partial charge in [-0.3, -0.25) is 4.90 Å². The van der Waals surface area contributed by atoms with Gasteiger partial charge in [0.15, 0.2) is 0 Å². The number of aromatic nitrogens is 3. The molecule has 0 saturated carbocycles. The van der Waals surface area contributed by atoms with Crippen LogP contribution in [0.4, 0.5) is 0 Å². The van der Waals surface area contributed by atoms with Crippen molar-refractivity contribution in [1.29, 1.82) is 0 Å². The minimum absolute atomic E-state index is 0.0405. The molecule has 1 saturated heterocycles. The predicted octanol–water partition coefficient (Wildman–Crippen LogP) is 2.22. The Balaban J connectivity index is 1.73. The molecule has 0 unspecified atom stereocenters. The van der Waals surface area contributed by atoms with Gasteiger partial charge in [-0.15, -0.1) is 0 Å². The van der Waals surface area contributed by atoms with Gasteiger partial charge in [-0.05, 0) is 12.1 Å². The lowest BCUT2D eigenvalue weighted by atomic mass is 10.0. The zero-order valence-corrected chi connectivity index (χ0v) is 14.5. The summed E-state index contributed by atoms with van der Waals surface area (Å²) in [7, 11) is 0. The Labute approximate surface area is 145 Å². The molecule has 0 bridgehead atoms. The van der Waals surface area contributed by atoms with Crippen LogP contribution >= 0.6 is 11.3 Å². The van der Waals surface area contributed by atoms with Gasteiger partial charge in [0.2, 0.25) is 10.8 Å². The van der Waals surface area contributed by atoms with Gasteiger partial charge in [0.05, 0.1) is 10.9 Å². The van der Waals surface area contributed by atoms with Crippen LogP contribution < -0.4 is 0 Å². The lowest BCUT2D eigenvalue weighted by molar-refractivity contribution is 0.113. The quantitative estimate of drug-likeness (QED) is 0.787. The molecule has 3 heterocycles. The topological polar surface area (TPSA) is 56.9 Å². The highest BCUT2D eigenvalue weighted by Gasteiger charge is 2.30. The summed E-state index contributed by atoms with van der Waals surface area (Å²) in [4.78, 5) is 10.8. The van der Waals surface area contributed by atoms with Gasteiger partial charge in [0.25, 0.3) is 0 Å². The first-order chi connectivity index (χ1) is 11.8. The molecule has 1 N–H and O–H groups in total. The minimum Gasteiger partial charge on any atom is -0.492 e. The third-order valence-electron chi connectivity index (χ3n) is 4.72. The van der Waals surface area contributed by atoms with E-state index in [1.54, 1.807) is 0 Å². The number of aromatic hydroxyl groups is 1. The Kier molecular flexibility index (Phi) is 4.22. The fraction of sp³-hybridized carbons (Fsp3) is 0.412. The summed E-state index contributed by atoms with van der Waals surface area (Å²) in [5, 5.41) is 14.8. The Hall–Kier alpha value is -1.96. The van der Waals surface area contributed by atoms with Crippen molar-refractivity contribution in [2.24, 2.45) is 0 Å². The molecule has 2 aromatic heterocycles. The van der Waals surface area contributed by atoms with Crippen molar-refractivity contribution in [2.45, 2.75) is 13.0 Å². The molecule has 0 radical (unpaired) electrons. The maximum Gasteiger partial charge on any atom is 0.230 e. The highest BCUT2D eigenvalue weighted by molar-refractivity contribution is 7.17. The molecule has 6 nitrogen and oxygen atoms in total. The molecule has 4 rings (SSSR count). The standard InChI is InChI=1S/C17H21N5OS/c1-2-20-8-10-21(11-9-20)14(13-6-4-3-5-7-13)15-16(23)22-17(24-15)18-12-19-22/h3-7,12,14,23H,2,8-11H2,1H3/t14-/m1/s1. The Morgan fingerprint density at radius 2 is 1.92 bits per heavy atom. The van der Waals surface area contributed by atoms with Gasteiger partial charge in [0, 0.05) is 26.2 Å². The normalized spacial score (nSPS) is 18.2. The number of fused-ring (bicyclic) bond motifs is 1. The van der Waals surface area contributed by atoms with Gasteiger partial charge >= 0.3 is 0 Å². The second-order valence-corrected chi connectivity index (χ2v) is 7.04. The second-order valence-electron chi connectivity index (χ2n) is 6.03. The largest absolute Gasteiger partial charge is 0.492 e. The fourth-order valence-corrected chi connectivity index (χ4v) is 4.46. The van der Waals surface area contributed by atoms with Gasteiger partial charge in [-0.25, -0.2) is 4.98 Å². The summed E-state index contributed by atoms with van der Waals surface area (Å²) in [6.07, 6.45) is 1.48. The van der Waals surface area contributed by atoms with Crippen LogP contribution in [0, 0.1) is 0 Å². The smallest absolute Gasteiger partial charge is 0.230 e. The maximum atomic E-state index is 10.7. The van der Waals surface area contributed by atoms with Crippen LogP contribution in [0.1, 0.15) is 23.4 Å². The van der Waals surface area contributed by atoms with Crippen molar-refractivity contribution < 1.29 is 5.11 Å². The molecule has 126 valence electrons. The molecule has 0 amide bonds. The first-order valence-corrected chi connectivity index (χ1v) is 9.12. The first kappa shape index (κ1) is 15.6. The van der Waals surface area contributed by atoms with Crippen molar-refractivity contribution in [3.63, 3.8) is 0 Å². The lowest BCUT2D eigenvalue weighted by Gasteiger charge is -2.38. The van der Waals surface area contributed by atoms with Crippen molar-refractivity contribution >= 4 is 16.3 Å². The molecule has 1 atom stereocenters. The zero-order chi connectivity index (χ0) is 16.5. The molecule has 0 aliphatic carbocycles. The van der Waals surface area contributed by atoms with E-state index in [0.29, 0.717) is 0 Å². The summed E-state index contributed by atoms with van der Waals surface area (Å²) in [6, 6.07) is 10.4. The molecule has 7 heteroatoms. The van der Waals surface area contributed by atoms with E-state index in [2.05, 4.69) is 51.1 Å². The van der Waals surface area contributed by atoms with E-state index >= 15 is 0 Å². The lowest BCUT2D eigenvalue weighted by Crippen LogP contribution is -2.47. The van der Waals surface area contributed by atoms with Crippen LogP contribution in [-0.2, 0) is 0 Å². The van der Waals surface area contributed by atoms with Crippen LogP contribution in [0.25, 0.3) is 4.96 Å². The number of rotatable bonds is 4. The summed E-state index contributed by atoms with van der Waals surface area (Å²) in [6.45, 7) is 7.38. The van der Waals surface area contributed by atoms with E-state index in [4.69, 9.17) is 0 Å². The van der Waals surface area contributed by atoms with Crippen molar-refractivity contribution in [3.05, 3.63) is 47.1 Å². The minimum atomic E-state index is 0.0405. The number of likely N-dealkylation sites (N-methyl/N-ethyl adjacent to an activating group) is 1. The highest BCUT2D eigenvalue weighted by Crippen LogP contribution is 2.39. The van der Waals surface area contributed by atoms with E-state index in [1.807, 2.05) is 6.07 Å². The summed E-state index contributed by atoms with van der Waals surface area (Å²) < 4.78 is 1.53. The Morgan fingerprint density at radius 3 is 2.58 bits per heavy atom. The summed E-state index contributed by atoms with van der Waals surface area (Å²) in [5.41, 5.74) is 1.20. The number of hydrogen-bond acceptors (Lipinski definition) is 6. The molecule has 24 heavy (non-hydrogen) atoms. The van der Waals surface area contributed by atoms with Gasteiger partial charge in [0.1, 0.15) is 6.33 Å². The monoisotopic (exact) mass is 343 g/mol. The average Bonchev–Trinajstić information content (AvgIpc) is 3.21. The van der Waals surface area contributed by atoms with Gasteiger partial charge < -0.3 is 10.0 Å². The SMILES string of the molecule is CCN1CCN([C@H](c2ccccc2)c2sc3ncnn3c2O)CC1. The van der Waals surface area contributed by atoms with Crippen LogP contribution in [0.15, 0.2) is 36.7 Å². The molecule has 1 aliphatic rings. The van der Waals surface area contributed by atoms with Crippen LogP contribution in [-0.4, -0.2) is 62.2 Å². The molecular formula is C17H21N5OS. The number of benzene rings is 1. The predicted molar refractivity (Wildman–Crippen MR) is 94.5 cm³/mol. The zero-order valence-electron chi connectivity index (χ0n) is 13.7. The Bertz CT molecular complexity index is 807.